The molecule has 2 aromatic carbocycles. The van der Waals surface area contributed by atoms with Gasteiger partial charge in [-0.1, -0.05) is 42.5 Å². The number of fused-ring (bicyclic) bond motifs is 1. The van der Waals surface area contributed by atoms with E-state index < -0.39 is 0 Å². The number of aromatic nitrogens is 3. The molecule has 0 bridgehead atoms. The number of imidazole rings is 1. The molecule has 2 fully saturated rings. The SMILES string of the molecule is Cc1ncc(Cn2c(NC3CCN(C4CCNC(Cc5ccccc5)C4)CC3)nc3ccccc32)o1. The second-order valence-electron chi connectivity index (χ2n) is 10.3. The first-order valence-electron chi connectivity index (χ1n) is 13.4. The van der Waals surface area contributed by atoms with Gasteiger partial charge in [-0.25, -0.2) is 9.97 Å². The van der Waals surface area contributed by atoms with E-state index in [0.717, 1.165) is 61.6 Å². The van der Waals surface area contributed by atoms with E-state index in [4.69, 9.17) is 9.40 Å². The Morgan fingerprint density at radius 3 is 2.64 bits per heavy atom. The minimum Gasteiger partial charge on any atom is -0.444 e. The van der Waals surface area contributed by atoms with E-state index in [1.54, 1.807) is 0 Å². The third-order valence-corrected chi connectivity index (χ3v) is 7.81. The molecule has 7 nitrogen and oxygen atoms in total. The third-order valence-electron chi connectivity index (χ3n) is 7.81. The van der Waals surface area contributed by atoms with Crippen molar-refractivity contribution in [2.75, 3.05) is 25.0 Å². The van der Waals surface area contributed by atoms with Crippen LogP contribution < -0.4 is 10.6 Å². The quantitative estimate of drug-likeness (QED) is 0.399. The zero-order valence-electron chi connectivity index (χ0n) is 21.1. The van der Waals surface area contributed by atoms with E-state index in [1.165, 1.54) is 18.4 Å². The van der Waals surface area contributed by atoms with Crippen molar-refractivity contribution in [1.29, 1.82) is 0 Å². The van der Waals surface area contributed by atoms with Crippen LogP contribution in [0.2, 0.25) is 0 Å². The van der Waals surface area contributed by atoms with Crippen LogP contribution in [0.5, 0.6) is 0 Å². The van der Waals surface area contributed by atoms with Gasteiger partial charge < -0.3 is 24.5 Å². The molecule has 2 atom stereocenters. The Bertz CT molecular complexity index is 1270. The minimum absolute atomic E-state index is 0.426. The fourth-order valence-electron chi connectivity index (χ4n) is 5.94. The number of para-hydroxylation sites is 2. The first-order valence-corrected chi connectivity index (χ1v) is 13.4. The Kier molecular flexibility index (Phi) is 6.75. The number of nitrogens with zero attached hydrogens (tertiary/aromatic N) is 4. The summed E-state index contributed by atoms with van der Waals surface area (Å²) >= 11 is 0. The third kappa shape index (κ3) is 5.18. The fourth-order valence-corrected chi connectivity index (χ4v) is 5.94. The van der Waals surface area contributed by atoms with Crippen LogP contribution in [0.3, 0.4) is 0 Å². The van der Waals surface area contributed by atoms with Gasteiger partial charge in [0.15, 0.2) is 5.89 Å². The lowest BCUT2D eigenvalue weighted by atomic mass is 9.91. The monoisotopic (exact) mass is 484 g/mol. The maximum absolute atomic E-state index is 5.78. The highest BCUT2D eigenvalue weighted by Crippen LogP contribution is 2.26. The van der Waals surface area contributed by atoms with Crippen molar-refractivity contribution in [2.45, 2.75) is 63.7 Å². The molecule has 2 aliphatic heterocycles. The van der Waals surface area contributed by atoms with Crippen molar-refractivity contribution >= 4 is 17.0 Å². The Hall–Kier alpha value is -3.16. The zero-order chi connectivity index (χ0) is 24.3. The van der Waals surface area contributed by atoms with Crippen LogP contribution in [0.25, 0.3) is 11.0 Å². The summed E-state index contributed by atoms with van der Waals surface area (Å²) in [6.45, 7) is 5.91. The Labute approximate surface area is 212 Å². The van der Waals surface area contributed by atoms with Crippen LogP contribution in [0.15, 0.2) is 65.2 Å². The molecule has 2 aromatic heterocycles. The summed E-state index contributed by atoms with van der Waals surface area (Å²) in [5.74, 6) is 2.47. The van der Waals surface area contributed by atoms with E-state index in [0.29, 0.717) is 30.6 Å². The lowest BCUT2D eigenvalue weighted by molar-refractivity contribution is 0.116. The van der Waals surface area contributed by atoms with Gasteiger partial charge in [-0.3, -0.25) is 0 Å². The van der Waals surface area contributed by atoms with Crippen molar-refractivity contribution in [3.63, 3.8) is 0 Å². The second kappa shape index (κ2) is 10.4. The molecule has 4 heterocycles. The molecule has 2 aliphatic rings. The Morgan fingerprint density at radius 2 is 1.83 bits per heavy atom. The van der Waals surface area contributed by atoms with Gasteiger partial charge in [0.1, 0.15) is 5.76 Å². The van der Waals surface area contributed by atoms with Gasteiger partial charge in [0.05, 0.1) is 23.8 Å². The lowest BCUT2D eigenvalue weighted by Crippen LogP contribution is -2.51. The number of aryl methyl sites for hydroxylation is 1. The molecule has 2 N–H and O–H groups in total. The number of hydrogen-bond acceptors (Lipinski definition) is 6. The molecular weight excluding hydrogens is 448 g/mol. The molecule has 0 spiro atoms. The van der Waals surface area contributed by atoms with Crippen molar-refractivity contribution in [3.05, 3.63) is 78.0 Å². The average molecular weight is 485 g/mol. The van der Waals surface area contributed by atoms with Crippen molar-refractivity contribution < 1.29 is 4.42 Å². The van der Waals surface area contributed by atoms with Gasteiger partial charge >= 0.3 is 0 Å². The fraction of sp³-hybridized carbons (Fsp3) is 0.448. The number of hydrogen-bond donors (Lipinski definition) is 2. The number of piperidine rings is 2. The molecule has 0 saturated carbocycles. The van der Waals surface area contributed by atoms with Crippen LogP contribution in [-0.2, 0) is 13.0 Å². The molecular formula is C29H36N6O. The summed E-state index contributed by atoms with van der Waals surface area (Å²) in [5.41, 5.74) is 3.56. The van der Waals surface area contributed by atoms with Crippen molar-refractivity contribution in [3.8, 4) is 0 Å². The molecule has 7 heteroatoms. The first kappa shape index (κ1) is 23.3. The summed E-state index contributed by atoms with van der Waals surface area (Å²) < 4.78 is 8.00. The molecule has 2 unspecified atom stereocenters. The van der Waals surface area contributed by atoms with Crippen LogP contribution in [0.4, 0.5) is 5.95 Å². The highest BCUT2D eigenvalue weighted by Gasteiger charge is 2.30. The molecule has 0 amide bonds. The first-order chi connectivity index (χ1) is 17.7. The highest BCUT2D eigenvalue weighted by molar-refractivity contribution is 5.78. The number of rotatable bonds is 7. The number of oxazole rings is 1. The van der Waals surface area contributed by atoms with E-state index >= 15 is 0 Å². The van der Waals surface area contributed by atoms with Crippen LogP contribution >= 0.6 is 0 Å². The predicted octanol–water partition coefficient (Wildman–Crippen LogP) is 4.62. The number of likely N-dealkylation sites (tertiary alicyclic amines) is 1. The van der Waals surface area contributed by atoms with Gasteiger partial charge in [0.25, 0.3) is 0 Å². The van der Waals surface area contributed by atoms with Crippen molar-refractivity contribution in [1.82, 2.24) is 24.8 Å². The summed E-state index contributed by atoms with van der Waals surface area (Å²) in [6, 6.07) is 20.9. The normalized spacial score (nSPS) is 21.7. The number of anilines is 1. The summed E-state index contributed by atoms with van der Waals surface area (Å²) in [7, 11) is 0. The molecule has 6 rings (SSSR count). The molecule has 36 heavy (non-hydrogen) atoms. The van der Waals surface area contributed by atoms with Crippen LogP contribution in [-0.4, -0.2) is 57.2 Å². The van der Waals surface area contributed by atoms with Gasteiger partial charge in [0, 0.05) is 38.1 Å². The molecule has 2 saturated heterocycles. The second-order valence-corrected chi connectivity index (χ2v) is 10.3. The summed E-state index contributed by atoms with van der Waals surface area (Å²) in [5, 5.41) is 7.54. The molecule has 188 valence electrons. The molecule has 4 aromatic rings. The topological polar surface area (TPSA) is 71.2 Å². The highest BCUT2D eigenvalue weighted by atomic mass is 16.4. The summed E-state index contributed by atoms with van der Waals surface area (Å²) in [6.07, 6.45) is 7.69. The average Bonchev–Trinajstić information content (AvgIpc) is 3.48. The number of benzene rings is 2. The Balaban J connectivity index is 1.08. The largest absolute Gasteiger partial charge is 0.444 e. The minimum atomic E-state index is 0.426. The molecule has 0 radical (unpaired) electrons. The van der Waals surface area contributed by atoms with Crippen LogP contribution in [0, 0.1) is 6.92 Å². The maximum Gasteiger partial charge on any atom is 0.204 e. The van der Waals surface area contributed by atoms with Gasteiger partial charge in [-0.05, 0) is 56.3 Å². The standard InChI is InChI=1S/C29H36N6O/c1-21-31-19-26(36-21)20-35-28-10-6-5-9-27(28)33-29(35)32-23-12-15-34(16-13-23)25-11-14-30-24(18-25)17-22-7-3-2-4-8-22/h2-10,19,23-25,30H,11-18,20H2,1H3,(H,32,33). The van der Waals surface area contributed by atoms with Gasteiger partial charge in [-0.15, -0.1) is 0 Å². The van der Waals surface area contributed by atoms with E-state index in [9.17, 15) is 0 Å². The van der Waals surface area contributed by atoms with Crippen LogP contribution in [0.1, 0.15) is 42.9 Å². The Morgan fingerprint density at radius 1 is 1.03 bits per heavy atom. The van der Waals surface area contributed by atoms with E-state index in [1.807, 2.05) is 19.2 Å². The van der Waals surface area contributed by atoms with Gasteiger partial charge in [-0.2, -0.15) is 0 Å². The maximum atomic E-state index is 5.78. The smallest absolute Gasteiger partial charge is 0.204 e. The van der Waals surface area contributed by atoms with E-state index in [-0.39, 0.29) is 0 Å². The van der Waals surface area contributed by atoms with Crippen molar-refractivity contribution in [2.24, 2.45) is 0 Å². The van der Waals surface area contributed by atoms with Gasteiger partial charge in [0.2, 0.25) is 5.95 Å². The summed E-state index contributed by atoms with van der Waals surface area (Å²) in [4.78, 5) is 11.9. The predicted molar refractivity (Wildman–Crippen MR) is 143 cm³/mol. The zero-order valence-corrected chi connectivity index (χ0v) is 21.1. The number of nitrogens with one attached hydrogen (secondary N) is 2. The lowest BCUT2D eigenvalue weighted by Gasteiger charge is -2.42. The van der Waals surface area contributed by atoms with E-state index in [2.05, 4.69) is 73.6 Å². The molecule has 0 aliphatic carbocycles.